The Morgan fingerprint density at radius 1 is 1.15 bits per heavy atom. The molecule has 0 atom stereocenters. The van der Waals surface area contributed by atoms with Crippen LogP contribution in [0.25, 0.3) is 11.5 Å². The fourth-order valence-electron chi connectivity index (χ4n) is 2.27. The molecule has 0 aliphatic rings. The van der Waals surface area contributed by atoms with Crippen molar-refractivity contribution in [3.8, 4) is 17.2 Å². The number of benzene rings is 2. The Hall–Kier alpha value is -3.22. The SMILES string of the molecule is CCc1nnc(-c2ccccc2OCC(=O)NCc2ccc(F)cc2)o1. The monoisotopic (exact) mass is 355 g/mol. The maximum atomic E-state index is 12.9. The lowest BCUT2D eigenvalue weighted by atomic mass is 10.2. The highest BCUT2D eigenvalue weighted by atomic mass is 19.1. The van der Waals surface area contributed by atoms with E-state index < -0.39 is 0 Å². The van der Waals surface area contributed by atoms with Crippen molar-refractivity contribution in [2.75, 3.05) is 6.61 Å². The molecule has 0 fully saturated rings. The molecule has 3 aromatic rings. The smallest absolute Gasteiger partial charge is 0.258 e. The third kappa shape index (κ3) is 4.44. The van der Waals surface area contributed by atoms with E-state index in [4.69, 9.17) is 9.15 Å². The number of nitrogens with zero attached hydrogens (tertiary/aromatic N) is 2. The van der Waals surface area contributed by atoms with Crippen molar-refractivity contribution in [2.24, 2.45) is 0 Å². The minimum atomic E-state index is -0.313. The largest absolute Gasteiger partial charge is 0.483 e. The van der Waals surface area contributed by atoms with E-state index in [1.807, 2.05) is 13.0 Å². The Labute approximate surface area is 150 Å². The van der Waals surface area contributed by atoms with E-state index in [1.165, 1.54) is 12.1 Å². The van der Waals surface area contributed by atoms with Crippen LogP contribution in [-0.2, 0) is 17.8 Å². The number of halogens is 1. The molecular weight excluding hydrogens is 337 g/mol. The molecule has 0 saturated heterocycles. The molecule has 0 aliphatic carbocycles. The summed E-state index contributed by atoms with van der Waals surface area (Å²) in [6, 6.07) is 13.1. The summed E-state index contributed by atoms with van der Waals surface area (Å²) in [5, 5.41) is 10.7. The molecule has 1 N–H and O–H groups in total. The van der Waals surface area contributed by atoms with Crippen molar-refractivity contribution in [2.45, 2.75) is 19.9 Å². The fourth-order valence-corrected chi connectivity index (χ4v) is 2.27. The summed E-state index contributed by atoms with van der Waals surface area (Å²) in [5.41, 5.74) is 1.43. The molecule has 0 saturated carbocycles. The molecule has 0 unspecified atom stereocenters. The summed E-state index contributed by atoms with van der Waals surface area (Å²) in [6.45, 7) is 2.06. The first-order chi connectivity index (χ1) is 12.7. The second-order valence-electron chi connectivity index (χ2n) is 5.54. The van der Waals surface area contributed by atoms with Gasteiger partial charge >= 0.3 is 0 Å². The molecule has 0 radical (unpaired) electrons. The second-order valence-corrected chi connectivity index (χ2v) is 5.54. The summed E-state index contributed by atoms with van der Waals surface area (Å²) in [6.07, 6.45) is 0.641. The molecule has 2 aromatic carbocycles. The van der Waals surface area contributed by atoms with Crippen LogP contribution in [0.3, 0.4) is 0 Å². The van der Waals surface area contributed by atoms with Crippen molar-refractivity contribution in [1.29, 1.82) is 0 Å². The van der Waals surface area contributed by atoms with Crippen molar-refractivity contribution in [3.63, 3.8) is 0 Å². The third-order valence-electron chi connectivity index (χ3n) is 3.65. The number of hydrogen-bond acceptors (Lipinski definition) is 5. The molecule has 1 amide bonds. The van der Waals surface area contributed by atoms with Crippen LogP contribution < -0.4 is 10.1 Å². The van der Waals surface area contributed by atoms with E-state index in [1.54, 1.807) is 30.3 Å². The minimum absolute atomic E-state index is 0.160. The van der Waals surface area contributed by atoms with Crippen LogP contribution in [-0.4, -0.2) is 22.7 Å². The van der Waals surface area contributed by atoms with Crippen LogP contribution in [0.2, 0.25) is 0 Å². The van der Waals surface area contributed by atoms with Crippen molar-refractivity contribution < 1.29 is 18.3 Å². The van der Waals surface area contributed by atoms with Crippen LogP contribution in [0.15, 0.2) is 52.9 Å². The zero-order valence-corrected chi connectivity index (χ0v) is 14.2. The molecule has 6 nitrogen and oxygen atoms in total. The highest BCUT2D eigenvalue weighted by Gasteiger charge is 2.14. The van der Waals surface area contributed by atoms with Crippen molar-refractivity contribution in [3.05, 3.63) is 65.8 Å². The lowest BCUT2D eigenvalue weighted by Gasteiger charge is -2.10. The standard InChI is InChI=1S/C19H18FN3O3/c1-2-18-22-23-19(26-18)15-5-3-4-6-16(15)25-12-17(24)21-11-13-7-9-14(20)10-8-13/h3-10H,2,11-12H2,1H3,(H,21,24). The molecule has 1 aromatic heterocycles. The lowest BCUT2D eigenvalue weighted by Crippen LogP contribution is -2.28. The number of ether oxygens (including phenoxy) is 1. The lowest BCUT2D eigenvalue weighted by molar-refractivity contribution is -0.123. The first kappa shape index (κ1) is 17.6. The topological polar surface area (TPSA) is 77.2 Å². The Morgan fingerprint density at radius 2 is 1.92 bits per heavy atom. The van der Waals surface area contributed by atoms with Gasteiger partial charge in [0.15, 0.2) is 6.61 Å². The van der Waals surface area contributed by atoms with Gasteiger partial charge in [-0.2, -0.15) is 0 Å². The van der Waals surface area contributed by atoms with Gasteiger partial charge < -0.3 is 14.5 Å². The molecule has 7 heteroatoms. The van der Waals surface area contributed by atoms with Gasteiger partial charge in [-0.15, -0.1) is 10.2 Å². The average molecular weight is 355 g/mol. The van der Waals surface area contributed by atoms with Gasteiger partial charge in [0.1, 0.15) is 11.6 Å². The molecule has 0 bridgehead atoms. The Kier molecular flexibility index (Phi) is 5.58. The summed E-state index contributed by atoms with van der Waals surface area (Å²) in [4.78, 5) is 12.0. The zero-order chi connectivity index (χ0) is 18.4. The summed E-state index contributed by atoms with van der Waals surface area (Å²) in [5.74, 6) is 0.767. The number of aromatic nitrogens is 2. The molecule has 134 valence electrons. The van der Waals surface area contributed by atoms with Crippen molar-refractivity contribution >= 4 is 5.91 Å². The van der Waals surface area contributed by atoms with Crippen LogP contribution in [0.1, 0.15) is 18.4 Å². The maximum absolute atomic E-state index is 12.9. The van der Waals surface area contributed by atoms with Gasteiger partial charge in [-0.05, 0) is 29.8 Å². The molecule has 0 aliphatic heterocycles. The van der Waals surface area contributed by atoms with Crippen LogP contribution in [0.5, 0.6) is 5.75 Å². The Bertz CT molecular complexity index is 878. The van der Waals surface area contributed by atoms with Crippen LogP contribution >= 0.6 is 0 Å². The summed E-state index contributed by atoms with van der Waals surface area (Å²) < 4.78 is 24.0. The number of rotatable bonds is 7. The average Bonchev–Trinajstić information content (AvgIpc) is 3.15. The molecule has 0 spiro atoms. The van der Waals surface area contributed by atoms with Crippen LogP contribution in [0.4, 0.5) is 4.39 Å². The molecule has 3 rings (SSSR count). The van der Waals surface area contributed by atoms with E-state index in [9.17, 15) is 9.18 Å². The summed E-state index contributed by atoms with van der Waals surface area (Å²) >= 11 is 0. The fraction of sp³-hybridized carbons (Fsp3) is 0.211. The third-order valence-corrected chi connectivity index (χ3v) is 3.65. The molecular formula is C19H18FN3O3. The minimum Gasteiger partial charge on any atom is -0.483 e. The number of aryl methyl sites for hydroxylation is 1. The van der Waals surface area contributed by atoms with Gasteiger partial charge in [0.2, 0.25) is 5.89 Å². The second kappa shape index (κ2) is 8.24. The first-order valence-electron chi connectivity index (χ1n) is 8.21. The maximum Gasteiger partial charge on any atom is 0.258 e. The molecule has 1 heterocycles. The number of hydrogen-bond donors (Lipinski definition) is 1. The molecule has 26 heavy (non-hydrogen) atoms. The van der Waals surface area contributed by atoms with Gasteiger partial charge in [-0.3, -0.25) is 4.79 Å². The van der Waals surface area contributed by atoms with E-state index in [-0.39, 0.29) is 18.3 Å². The van der Waals surface area contributed by atoms with E-state index in [2.05, 4.69) is 15.5 Å². The predicted molar refractivity (Wildman–Crippen MR) is 92.9 cm³/mol. The van der Waals surface area contributed by atoms with Gasteiger partial charge in [0.25, 0.3) is 11.8 Å². The van der Waals surface area contributed by atoms with Gasteiger partial charge in [0.05, 0.1) is 5.56 Å². The number of carbonyl (C=O) groups excluding carboxylic acids is 1. The normalized spacial score (nSPS) is 10.5. The zero-order valence-electron chi connectivity index (χ0n) is 14.2. The Morgan fingerprint density at radius 3 is 2.65 bits per heavy atom. The number of amides is 1. The van der Waals surface area contributed by atoms with E-state index >= 15 is 0 Å². The van der Waals surface area contributed by atoms with Gasteiger partial charge in [-0.1, -0.05) is 31.2 Å². The number of nitrogens with one attached hydrogen (secondary N) is 1. The van der Waals surface area contributed by atoms with E-state index in [0.717, 1.165) is 5.56 Å². The highest BCUT2D eigenvalue weighted by Crippen LogP contribution is 2.28. The number of carbonyl (C=O) groups is 1. The number of para-hydroxylation sites is 1. The Balaban J connectivity index is 1.59. The van der Waals surface area contributed by atoms with Gasteiger partial charge in [-0.25, -0.2) is 4.39 Å². The first-order valence-corrected chi connectivity index (χ1v) is 8.21. The van der Waals surface area contributed by atoms with Crippen LogP contribution in [0, 0.1) is 5.82 Å². The van der Waals surface area contributed by atoms with Crippen molar-refractivity contribution in [1.82, 2.24) is 15.5 Å². The van der Waals surface area contributed by atoms with E-state index in [0.29, 0.717) is 36.1 Å². The quantitative estimate of drug-likeness (QED) is 0.704. The predicted octanol–water partition coefficient (Wildman–Crippen LogP) is 3.13. The summed E-state index contributed by atoms with van der Waals surface area (Å²) in [7, 11) is 0. The highest BCUT2D eigenvalue weighted by molar-refractivity contribution is 5.77. The van der Waals surface area contributed by atoms with Gasteiger partial charge in [0, 0.05) is 13.0 Å².